The lowest BCUT2D eigenvalue weighted by Crippen LogP contribution is -2.46. The van der Waals surface area contributed by atoms with E-state index in [-0.39, 0.29) is 5.91 Å². The fourth-order valence-corrected chi connectivity index (χ4v) is 2.24. The standard InChI is InChI=1S/C13H15N3O/c17-13(16-7-5-14-6-8-16)11-1-2-12-10(9-11)3-4-15-12/h1-4,9,14-15H,5-8H2. The quantitative estimate of drug-likeness (QED) is 0.772. The average molecular weight is 229 g/mol. The number of hydrogen-bond donors (Lipinski definition) is 2. The van der Waals surface area contributed by atoms with Crippen molar-refractivity contribution < 1.29 is 4.79 Å². The summed E-state index contributed by atoms with van der Waals surface area (Å²) in [5.74, 6) is 0.134. The Kier molecular flexibility index (Phi) is 2.57. The Morgan fingerprint density at radius 2 is 2.00 bits per heavy atom. The first-order valence-electron chi connectivity index (χ1n) is 5.92. The molecule has 0 bridgehead atoms. The van der Waals surface area contributed by atoms with Crippen LogP contribution in [0.5, 0.6) is 0 Å². The van der Waals surface area contributed by atoms with Gasteiger partial charge in [-0.25, -0.2) is 0 Å². The van der Waals surface area contributed by atoms with Gasteiger partial charge in [0, 0.05) is 48.8 Å². The second kappa shape index (κ2) is 4.22. The van der Waals surface area contributed by atoms with Crippen LogP contribution in [0.2, 0.25) is 0 Å². The lowest BCUT2D eigenvalue weighted by Gasteiger charge is -2.27. The van der Waals surface area contributed by atoms with Crippen LogP contribution in [0.3, 0.4) is 0 Å². The van der Waals surface area contributed by atoms with Gasteiger partial charge in [-0.3, -0.25) is 4.79 Å². The molecule has 2 heterocycles. The molecule has 88 valence electrons. The summed E-state index contributed by atoms with van der Waals surface area (Å²) in [7, 11) is 0. The molecule has 1 aromatic heterocycles. The summed E-state index contributed by atoms with van der Waals surface area (Å²) < 4.78 is 0. The molecular weight excluding hydrogens is 214 g/mol. The average Bonchev–Trinajstić information content (AvgIpc) is 2.86. The third kappa shape index (κ3) is 1.91. The molecule has 1 aliphatic rings. The van der Waals surface area contributed by atoms with Crippen molar-refractivity contribution in [3.05, 3.63) is 36.0 Å². The maximum atomic E-state index is 12.3. The van der Waals surface area contributed by atoms with Crippen molar-refractivity contribution in [3.8, 4) is 0 Å². The topological polar surface area (TPSA) is 48.1 Å². The Labute approximate surface area is 99.6 Å². The highest BCUT2D eigenvalue weighted by Gasteiger charge is 2.17. The van der Waals surface area contributed by atoms with Crippen molar-refractivity contribution in [2.24, 2.45) is 0 Å². The van der Waals surface area contributed by atoms with Crippen molar-refractivity contribution in [3.63, 3.8) is 0 Å². The van der Waals surface area contributed by atoms with Gasteiger partial charge in [0.05, 0.1) is 0 Å². The number of H-pyrrole nitrogens is 1. The first-order valence-corrected chi connectivity index (χ1v) is 5.92. The van der Waals surface area contributed by atoms with Crippen molar-refractivity contribution >= 4 is 16.8 Å². The molecule has 1 aromatic carbocycles. The number of amides is 1. The number of nitrogens with zero attached hydrogens (tertiary/aromatic N) is 1. The van der Waals surface area contributed by atoms with Gasteiger partial charge >= 0.3 is 0 Å². The van der Waals surface area contributed by atoms with Gasteiger partial charge in [-0.2, -0.15) is 0 Å². The number of carbonyl (C=O) groups is 1. The molecule has 4 nitrogen and oxygen atoms in total. The molecule has 1 amide bonds. The van der Waals surface area contributed by atoms with Gasteiger partial charge in [0.1, 0.15) is 0 Å². The second-order valence-corrected chi connectivity index (χ2v) is 4.32. The van der Waals surface area contributed by atoms with Crippen LogP contribution >= 0.6 is 0 Å². The van der Waals surface area contributed by atoms with Gasteiger partial charge in [-0.15, -0.1) is 0 Å². The number of rotatable bonds is 1. The Balaban J connectivity index is 1.88. The predicted molar refractivity (Wildman–Crippen MR) is 67.1 cm³/mol. The summed E-state index contributed by atoms with van der Waals surface area (Å²) >= 11 is 0. The summed E-state index contributed by atoms with van der Waals surface area (Å²) in [6, 6.07) is 7.80. The Bertz CT molecular complexity index is 540. The van der Waals surface area contributed by atoms with E-state index in [2.05, 4.69) is 10.3 Å². The van der Waals surface area contributed by atoms with E-state index < -0.39 is 0 Å². The van der Waals surface area contributed by atoms with Gasteiger partial charge < -0.3 is 15.2 Å². The van der Waals surface area contributed by atoms with E-state index in [4.69, 9.17) is 0 Å². The van der Waals surface area contributed by atoms with E-state index in [0.717, 1.165) is 42.6 Å². The molecule has 0 saturated carbocycles. The van der Waals surface area contributed by atoms with E-state index >= 15 is 0 Å². The molecule has 4 heteroatoms. The monoisotopic (exact) mass is 229 g/mol. The highest BCUT2D eigenvalue weighted by molar-refractivity contribution is 5.98. The molecule has 2 N–H and O–H groups in total. The molecule has 0 atom stereocenters. The lowest BCUT2D eigenvalue weighted by atomic mass is 10.1. The smallest absolute Gasteiger partial charge is 0.253 e. The minimum atomic E-state index is 0.134. The van der Waals surface area contributed by atoms with E-state index in [0.29, 0.717) is 0 Å². The summed E-state index contributed by atoms with van der Waals surface area (Å²) in [5, 5.41) is 4.34. The zero-order valence-corrected chi connectivity index (χ0v) is 9.57. The minimum Gasteiger partial charge on any atom is -0.361 e. The first-order chi connectivity index (χ1) is 8.34. The number of aromatic amines is 1. The third-order valence-electron chi connectivity index (χ3n) is 3.20. The number of benzene rings is 1. The number of nitrogens with one attached hydrogen (secondary N) is 2. The highest BCUT2D eigenvalue weighted by atomic mass is 16.2. The Hall–Kier alpha value is -1.81. The summed E-state index contributed by atoms with van der Waals surface area (Å²) in [6.07, 6.45) is 1.89. The third-order valence-corrected chi connectivity index (χ3v) is 3.20. The molecule has 0 aliphatic carbocycles. The van der Waals surface area contributed by atoms with Crippen LogP contribution in [0.15, 0.2) is 30.5 Å². The Morgan fingerprint density at radius 1 is 1.18 bits per heavy atom. The van der Waals surface area contributed by atoms with Crippen LogP contribution < -0.4 is 5.32 Å². The summed E-state index contributed by atoms with van der Waals surface area (Å²) in [6.45, 7) is 3.37. The second-order valence-electron chi connectivity index (χ2n) is 4.32. The molecule has 0 unspecified atom stereocenters. The molecule has 3 rings (SSSR count). The molecular formula is C13H15N3O. The summed E-state index contributed by atoms with van der Waals surface area (Å²) in [4.78, 5) is 17.3. The maximum Gasteiger partial charge on any atom is 0.253 e. The van der Waals surface area contributed by atoms with E-state index in [1.807, 2.05) is 35.4 Å². The molecule has 2 aromatic rings. The first kappa shape index (κ1) is 10.4. The minimum absolute atomic E-state index is 0.134. The summed E-state index contributed by atoms with van der Waals surface area (Å²) in [5.41, 5.74) is 1.85. The highest BCUT2D eigenvalue weighted by Crippen LogP contribution is 2.15. The molecule has 1 fully saturated rings. The van der Waals surface area contributed by atoms with Crippen LogP contribution in [0.4, 0.5) is 0 Å². The zero-order chi connectivity index (χ0) is 11.7. The van der Waals surface area contributed by atoms with Gasteiger partial charge in [0.25, 0.3) is 5.91 Å². The van der Waals surface area contributed by atoms with Crippen LogP contribution in [0.25, 0.3) is 10.9 Å². The number of hydrogen-bond acceptors (Lipinski definition) is 2. The van der Waals surface area contributed by atoms with Crippen molar-refractivity contribution in [1.29, 1.82) is 0 Å². The largest absolute Gasteiger partial charge is 0.361 e. The lowest BCUT2D eigenvalue weighted by molar-refractivity contribution is 0.0736. The van der Waals surface area contributed by atoms with Crippen LogP contribution in [0, 0.1) is 0 Å². The van der Waals surface area contributed by atoms with Gasteiger partial charge in [-0.05, 0) is 24.3 Å². The number of fused-ring (bicyclic) bond motifs is 1. The molecule has 0 radical (unpaired) electrons. The molecule has 0 spiro atoms. The number of piperazine rings is 1. The van der Waals surface area contributed by atoms with Crippen molar-refractivity contribution in [1.82, 2.24) is 15.2 Å². The van der Waals surface area contributed by atoms with Gasteiger partial charge in [0.2, 0.25) is 0 Å². The molecule has 1 saturated heterocycles. The van der Waals surface area contributed by atoms with E-state index in [1.54, 1.807) is 0 Å². The molecule has 1 aliphatic heterocycles. The SMILES string of the molecule is O=C(c1ccc2[nH]ccc2c1)N1CCNCC1. The fourth-order valence-electron chi connectivity index (χ4n) is 2.24. The van der Waals surface area contributed by atoms with Gasteiger partial charge in [0.15, 0.2) is 0 Å². The van der Waals surface area contributed by atoms with Crippen LogP contribution in [0.1, 0.15) is 10.4 Å². The van der Waals surface area contributed by atoms with Crippen molar-refractivity contribution in [2.75, 3.05) is 26.2 Å². The van der Waals surface area contributed by atoms with Crippen LogP contribution in [-0.4, -0.2) is 42.0 Å². The maximum absolute atomic E-state index is 12.3. The van der Waals surface area contributed by atoms with Gasteiger partial charge in [-0.1, -0.05) is 0 Å². The number of aromatic nitrogens is 1. The Morgan fingerprint density at radius 3 is 2.82 bits per heavy atom. The van der Waals surface area contributed by atoms with Crippen molar-refractivity contribution in [2.45, 2.75) is 0 Å². The molecule has 17 heavy (non-hydrogen) atoms. The fraction of sp³-hybridized carbons (Fsp3) is 0.308. The normalized spacial score (nSPS) is 16.4. The predicted octanol–water partition coefficient (Wildman–Crippen LogP) is 1.21. The number of carbonyl (C=O) groups excluding carboxylic acids is 1. The zero-order valence-electron chi connectivity index (χ0n) is 9.57. The van der Waals surface area contributed by atoms with E-state index in [9.17, 15) is 4.79 Å². The van der Waals surface area contributed by atoms with E-state index in [1.165, 1.54) is 0 Å². The van der Waals surface area contributed by atoms with Crippen LogP contribution in [-0.2, 0) is 0 Å².